The Labute approximate surface area is 146 Å². The minimum Gasteiger partial charge on any atom is -0.302 e. The minimum absolute atomic E-state index is 0.126. The Morgan fingerprint density at radius 1 is 1.29 bits per heavy atom. The lowest BCUT2D eigenvalue weighted by Gasteiger charge is -2.13. The van der Waals surface area contributed by atoms with Crippen LogP contribution in [0, 0.1) is 0 Å². The van der Waals surface area contributed by atoms with Crippen LogP contribution in [0.25, 0.3) is 0 Å². The molecule has 136 valence electrons. The van der Waals surface area contributed by atoms with E-state index in [1.165, 1.54) is 11.1 Å². The molecular weight excluding hydrogens is 323 g/mol. The van der Waals surface area contributed by atoms with Crippen molar-refractivity contribution in [3.05, 3.63) is 52.8 Å². The van der Waals surface area contributed by atoms with Crippen molar-refractivity contribution < 1.29 is 18.5 Å². The predicted molar refractivity (Wildman–Crippen MR) is 101 cm³/mol. The number of phosphoric ester groups is 1. The fourth-order valence-electron chi connectivity index (χ4n) is 1.76. The third-order valence-electron chi connectivity index (χ3n) is 2.96. The van der Waals surface area contributed by atoms with Crippen molar-refractivity contribution in [2.45, 2.75) is 60.5 Å². The van der Waals surface area contributed by atoms with Crippen molar-refractivity contribution in [3.63, 3.8) is 0 Å². The van der Waals surface area contributed by atoms with Crippen LogP contribution in [0.2, 0.25) is 0 Å². The van der Waals surface area contributed by atoms with Crippen LogP contribution in [-0.4, -0.2) is 17.6 Å². The highest BCUT2D eigenvalue weighted by Crippen LogP contribution is 2.44. The molecular formula is C19H31O4P. The third-order valence-corrected chi connectivity index (χ3v) is 4.14. The second kappa shape index (κ2) is 12.2. The highest BCUT2D eigenvalue weighted by Gasteiger charge is 2.22. The molecule has 0 aliphatic heterocycles. The second-order valence-corrected chi connectivity index (χ2v) is 7.29. The van der Waals surface area contributed by atoms with Crippen molar-refractivity contribution in [2.24, 2.45) is 0 Å². The van der Waals surface area contributed by atoms with Crippen LogP contribution in [0.3, 0.4) is 0 Å². The summed E-state index contributed by atoms with van der Waals surface area (Å²) < 4.78 is 21.1. The van der Waals surface area contributed by atoms with E-state index in [1.807, 2.05) is 19.1 Å². The fraction of sp³-hybridized carbons (Fsp3) is 0.526. The topological polar surface area (TPSA) is 55.8 Å². The van der Waals surface area contributed by atoms with Crippen molar-refractivity contribution in [2.75, 3.05) is 6.61 Å². The molecule has 1 N–H and O–H groups in total. The van der Waals surface area contributed by atoms with Gasteiger partial charge in [-0.3, -0.25) is 9.05 Å². The maximum absolute atomic E-state index is 11.5. The molecule has 2 unspecified atom stereocenters. The molecule has 24 heavy (non-hydrogen) atoms. The third kappa shape index (κ3) is 13.3. The summed E-state index contributed by atoms with van der Waals surface area (Å²) in [7, 11) is -3.97. The molecule has 0 amide bonds. The Bertz CT molecular complexity index is 574. The Hall–Kier alpha value is -1.15. The Balaban J connectivity index is 4.57. The zero-order valence-corrected chi connectivity index (χ0v) is 16.6. The molecule has 0 aromatic rings. The maximum atomic E-state index is 11.5. The van der Waals surface area contributed by atoms with Gasteiger partial charge in [-0.2, -0.15) is 0 Å². The number of hydrogen-bond acceptors (Lipinski definition) is 3. The van der Waals surface area contributed by atoms with E-state index >= 15 is 0 Å². The molecule has 0 bridgehead atoms. The van der Waals surface area contributed by atoms with Gasteiger partial charge in [0.2, 0.25) is 0 Å². The Kier molecular flexibility index (Phi) is 11.7. The predicted octanol–water partition coefficient (Wildman–Crippen LogP) is 5.88. The molecule has 0 aromatic heterocycles. The SMILES string of the molecule is CCOP(=O)(O)OC(C)C=C=C(C)/C=C/C=C(\C)CCC=C(C)C. The number of hydrogen-bond donors (Lipinski definition) is 1. The zero-order valence-electron chi connectivity index (χ0n) is 15.7. The summed E-state index contributed by atoms with van der Waals surface area (Å²) >= 11 is 0. The van der Waals surface area contributed by atoms with Crippen molar-refractivity contribution in [3.8, 4) is 0 Å². The molecule has 0 fully saturated rings. The van der Waals surface area contributed by atoms with E-state index in [1.54, 1.807) is 19.9 Å². The van der Waals surface area contributed by atoms with Gasteiger partial charge in [-0.1, -0.05) is 35.5 Å². The Morgan fingerprint density at radius 2 is 1.96 bits per heavy atom. The van der Waals surface area contributed by atoms with Gasteiger partial charge >= 0.3 is 7.82 Å². The summed E-state index contributed by atoms with van der Waals surface area (Å²) in [5.74, 6) is 0. The lowest BCUT2D eigenvalue weighted by Crippen LogP contribution is -2.04. The van der Waals surface area contributed by atoms with Crippen molar-refractivity contribution >= 4 is 7.82 Å². The van der Waals surface area contributed by atoms with Gasteiger partial charge in [0, 0.05) is 0 Å². The molecule has 0 spiro atoms. The van der Waals surface area contributed by atoms with E-state index in [-0.39, 0.29) is 6.61 Å². The highest BCUT2D eigenvalue weighted by atomic mass is 31.2. The molecule has 0 aliphatic rings. The summed E-state index contributed by atoms with van der Waals surface area (Å²) in [6.07, 6.45) is 11.4. The first-order valence-electron chi connectivity index (χ1n) is 8.22. The Morgan fingerprint density at radius 3 is 2.54 bits per heavy atom. The van der Waals surface area contributed by atoms with Crippen molar-refractivity contribution in [1.82, 2.24) is 0 Å². The first-order chi connectivity index (χ1) is 11.2. The van der Waals surface area contributed by atoms with Crippen molar-refractivity contribution in [1.29, 1.82) is 0 Å². The minimum atomic E-state index is -3.97. The molecule has 0 aliphatic carbocycles. The van der Waals surface area contributed by atoms with Gasteiger partial charge in [-0.25, -0.2) is 4.57 Å². The van der Waals surface area contributed by atoms with Crippen LogP contribution in [0.5, 0.6) is 0 Å². The summed E-state index contributed by atoms with van der Waals surface area (Å²) in [6, 6.07) is 0. The standard InChI is InChI=1S/C19H31O4P/c1-7-22-24(20,21)23-19(6)15-14-18(5)13-9-12-17(4)11-8-10-16(2)3/h9-10,12-13,15,19H,7-8,11H2,1-6H3,(H,20,21)/b13-9+,17-12+. The van der Waals surface area contributed by atoms with E-state index in [0.29, 0.717) is 0 Å². The summed E-state index contributed by atoms with van der Waals surface area (Å²) in [5.41, 5.74) is 6.60. The molecule has 0 saturated heterocycles. The van der Waals surface area contributed by atoms with Gasteiger partial charge in [0.25, 0.3) is 0 Å². The first kappa shape index (κ1) is 22.9. The molecule has 0 heterocycles. The van der Waals surface area contributed by atoms with Gasteiger partial charge in [0.1, 0.15) is 0 Å². The number of phosphoric acid groups is 1. The molecule has 0 aromatic carbocycles. The first-order valence-corrected chi connectivity index (χ1v) is 9.72. The fourth-order valence-corrected chi connectivity index (χ4v) is 2.63. The summed E-state index contributed by atoms with van der Waals surface area (Å²) in [5, 5.41) is 0. The van der Waals surface area contributed by atoms with Crippen LogP contribution in [0.15, 0.2) is 52.8 Å². The van der Waals surface area contributed by atoms with Gasteiger partial charge in [-0.05, 0) is 66.0 Å². The number of rotatable bonds is 10. The molecule has 0 rings (SSSR count). The lowest BCUT2D eigenvalue weighted by atomic mass is 10.1. The zero-order chi connectivity index (χ0) is 18.6. The monoisotopic (exact) mass is 354 g/mol. The number of allylic oxidation sites excluding steroid dienone is 6. The molecule has 2 atom stereocenters. The van der Waals surface area contributed by atoms with Gasteiger partial charge in [0.15, 0.2) is 0 Å². The van der Waals surface area contributed by atoms with Crippen LogP contribution in [-0.2, 0) is 13.6 Å². The average Bonchev–Trinajstić information content (AvgIpc) is 2.44. The van der Waals surface area contributed by atoms with Crippen LogP contribution >= 0.6 is 7.82 Å². The van der Waals surface area contributed by atoms with E-state index in [9.17, 15) is 9.46 Å². The normalized spacial score (nSPS) is 15.5. The van der Waals surface area contributed by atoms with Crippen LogP contribution in [0.4, 0.5) is 0 Å². The molecule has 5 heteroatoms. The quantitative estimate of drug-likeness (QED) is 0.230. The lowest BCUT2D eigenvalue weighted by molar-refractivity contribution is 0.136. The van der Waals surface area contributed by atoms with Crippen LogP contribution in [0.1, 0.15) is 54.4 Å². The van der Waals surface area contributed by atoms with Gasteiger partial charge in [-0.15, -0.1) is 5.73 Å². The smallest absolute Gasteiger partial charge is 0.302 e. The summed E-state index contributed by atoms with van der Waals surface area (Å²) in [4.78, 5) is 9.39. The van der Waals surface area contributed by atoms with Crippen LogP contribution < -0.4 is 0 Å². The molecule has 0 radical (unpaired) electrons. The maximum Gasteiger partial charge on any atom is 0.472 e. The van der Waals surface area contributed by atoms with E-state index < -0.39 is 13.9 Å². The highest BCUT2D eigenvalue weighted by molar-refractivity contribution is 7.47. The molecule has 0 saturated carbocycles. The average molecular weight is 354 g/mol. The largest absolute Gasteiger partial charge is 0.472 e. The van der Waals surface area contributed by atoms with E-state index in [0.717, 1.165) is 18.4 Å². The van der Waals surface area contributed by atoms with E-state index in [2.05, 4.69) is 43.2 Å². The summed E-state index contributed by atoms with van der Waals surface area (Å²) in [6.45, 7) is 11.7. The second-order valence-electron chi connectivity index (χ2n) is 5.88. The molecule has 4 nitrogen and oxygen atoms in total. The van der Waals surface area contributed by atoms with Gasteiger partial charge in [0.05, 0.1) is 12.7 Å². The van der Waals surface area contributed by atoms with E-state index in [4.69, 9.17) is 4.52 Å². The van der Waals surface area contributed by atoms with Gasteiger partial charge < -0.3 is 4.89 Å².